The third-order valence-electron chi connectivity index (χ3n) is 2.72. The number of nitrogens with two attached hydrogens (primary N) is 1. The van der Waals surface area contributed by atoms with Gasteiger partial charge in [-0.15, -0.1) is 0 Å². The molecular weight excluding hydrogens is 344 g/mol. The number of hydrogen-bond donors (Lipinski definition) is 1. The predicted molar refractivity (Wildman–Crippen MR) is 84.6 cm³/mol. The molecule has 0 bridgehead atoms. The minimum atomic E-state index is -0.203. The number of halogens is 2. The van der Waals surface area contributed by atoms with E-state index < -0.39 is 0 Å². The van der Waals surface area contributed by atoms with Gasteiger partial charge >= 0.3 is 0 Å². The predicted octanol–water partition coefficient (Wildman–Crippen LogP) is 2.79. The number of nitrogens with zero attached hydrogens (tertiary/aromatic N) is 2. The van der Waals surface area contributed by atoms with Crippen molar-refractivity contribution in [2.45, 2.75) is 13.3 Å². The first kappa shape index (κ1) is 15.5. The number of likely N-dealkylation sites (N-methyl/N-ethyl adjacent to an activating group) is 1. The molecule has 18 heavy (non-hydrogen) atoms. The fraction of sp³-hybridized carbons (Fsp3) is 0.538. The summed E-state index contributed by atoms with van der Waals surface area (Å²) in [5, 5.41) is 0. The molecule has 0 radical (unpaired) electrons. The highest BCUT2D eigenvalue weighted by atomic mass is 127. The van der Waals surface area contributed by atoms with E-state index in [9.17, 15) is 4.39 Å². The largest absolute Gasteiger partial charge is 0.397 e. The second kappa shape index (κ2) is 7.13. The quantitative estimate of drug-likeness (QED) is 0.622. The van der Waals surface area contributed by atoms with Gasteiger partial charge in [-0.1, -0.05) is 6.92 Å². The van der Waals surface area contributed by atoms with Crippen LogP contribution in [0.4, 0.5) is 15.8 Å². The standard InChI is InChI=1S/C13H21FIN3/c1-4-5-18(7-6-17(2)3)13-8-10(14)11(15)9-12(13)16/h8-9H,4-7,16H2,1-3H3. The van der Waals surface area contributed by atoms with Gasteiger partial charge in [0.2, 0.25) is 0 Å². The van der Waals surface area contributed by atoms with Crippen LogP contribution in [-0.2, 0) is 0 Å². The molecule has 0 fully saturated rings. The van der Waals surface area contributed by atoms with Gasteiger partial charge in [-0.3, -0.25) is 0 Å². The Morgan fingerprint density at radius 2 is 1.89 bits per heavy atom. The van der Waals surface area contributed by atoms with E-state index in [4.69, 9.17) is 5.73 Å². The molecule has 0 unspecified atom stereocenters. The molecule has 0 spiro atoms. The molecular formula is C13H21FIN3. The molecule has 0 aliphatic rings. The van der Waals surface area contributed by atoms with E-state index in [0.717, 1.165) is 31.7 Å². The molecule has 0 aromatic heterocycles. The van der Waals surface area contributed by atoms with Gasteiger partial charge in [0.1, 0.15) is 5.82 Å². The van der Waals surface area contributed by atoms with Crippen molar-refractivity contribution in [1.29, 1.82) is 0 Å². The van der Waals surface area contributed by atoms with E-state index in [0.29, 0.717) is 9.26 Å². The highest BCUT2D eigenvalue weighted by Crippen LogP contribution is 2.27. The second-order valence-electron chi connectivity index (χ2n) is 4.62. The van der Waals surface area contributed by atoms with Crippen LogP contribution in [0.5, 0.6) is 0 Å². The summed E-state index contributed by atoms with van der Waals surface area (Å²) in [7, 11) is 4.06. The summed E-state index contributed by atoms with van der Waals surface area (Å²) in [6.07, 6.45) is 1.01. The molecule has 0 saturated carbocycles. The third kappa shape index (κ3) is 4.28. The van der Waals surface area contributed by atoms with Crippen LogP contribution in [0.25, 0.3) is 0 Å². The van der Waals surface area contributed by atoms with E-state index in [-0.39, 0.29) is 5.82 Å². The number of benzene rings is 1. The maximum absolute atomic E-state index is 13.7. The Balaban J connectivity index is 2.94. The minimum Gasteiger partial charge on any atom is -0.397 e. The summed E-state index contributed by atoms with van der Waals surface area (Å²) in [6, 6.07) is 3.24. The monoisotopic (exact) mass is 365 g/mol. The van der Waals surface area contributed by atoms with Gasteiger partial charge < -0.3 is 15.5 Å². The summed E-state index contributed by atoms with van der Waals surface area (Å²) >= 11 is 1.96. The maximum atomic E-state index is 13.7. The summed E-state index contributed by atoms with van der Waals surface area (Å²) in [6.45, 7) is 4.78. The van der Waals surface area contributed by atoms with Crippen molar-refractivity contribution in [1.82, 2.24) is 4.90 Å². The Kier molecular flexibility index (Phi) is 6.14. The zero-order valence-electron chi connectivity index (χ0n) is 11.2. The number of hydrogen-bond acceptors (Lipinski definition) is 3. The van der Waals surface area contributed by atoms with Crippen molar-refractivity contribution >= 4 is 34.0 Å². The van der Waals surface area contributed by atoms with Crippen LogP contribution in [0.1, 0.15) is 13.3 Å². The van der Waals surface area contributed by atoms with Crippen molar-refractivity contribution in [3.8, 4) is 0 Å². The van der Waals surface area contributed by atoms with Gasteiger partial charge in [-0.25, -0.2) is 4.39 Å². The lowest BCUT2D eigenvalue weighted by molar-refractivity contribution is 0.413. The van der Waals surface area contributed by atoms with Crippen LogP contribution >= 0.6 is 22.6 Å². The highest BCUT2D eigenvalue weighted by Gasteiger charge is 2.12. The first-order valence-corrected chi connectivity index (χ1v) is 7.17. The molecule has 0 aliphatic heterocycles. The molecule has 0 atom stereocenters. The topological polar surface area (TPSA) is 32.5 Å². The fourth-order valence-electron chi connectivity index (χ4n) is 1.77. The van der Waals surface area contributed by atoms with Crippen molar-refractivity contribution in [3.63, 3.8) is 0 Å². The van der Waals surface area contributed by atoms with Crippen LogP contribution in [-0.4, -0.2) is 38.6 Å². The van der Waals surface area contributed by atoms with Crippen LogP contribution in [0.15, 0.2) is 12.1 Å². The van der Waals surface area contributed by atoms with Crippen molar-refractivity contribution in [2.24, 2.45) is 0 Å². The number of nitrogen functional groups attached to an aromatic ring is 1. The van der Waals surface area contributed by atoms with E-state index in [1.165, 1.54) is 0 Å². The summed E-state index contributed by atoms with van der Waals surface area (Å²) in [5.41, 5.74) is 7.45. The third-order valence-corrected chi connectivity index (χ3v) is 3.55. The van der Waals surface area contributed by atoms with Gasteiger partial charge in [0.25, 0.3) is 0 Å². The van der Waals surface area contributed by atoms with Crippen LogP contribution < -0.4 is 10.6 Å². The van der Waals surface area contributed by atoms with Crippen LogP contribution in [0.2, 0.25) is 0 Å². The SMILES string of the molecule is CCCN(CCN(C)C)c1cc(F)c(I)cc1N. The van der Waals surface area contributed by atoms with Crippen molar-refractivity contribution < 1.29 is 4.39 Å². The molecule has 1 rings (SSSR count). The van der Waals surface area contributed by atoms with E-state index >= 15 is 0 Å². The lowest BCUT2D eigenvalue weighted by Gasteiger charge is -2.27. The molecule has 2 N–H and O–H groups in total. The van der Waals surface area contributed by atoms with Crippen molar-refractivity contribution in [3.05, 3.63) is 21.5 Å². The average molecular weight is 365 g/mol. The molecule has 3 nitrogen and oxygen atoms in total. The van der Waals surface area contributed by atoms with E-state index in [1.807, 2.05) is 36.7 Å². The van der Waals surface area contributed by atoms with Crippen LogP contribution in [0, 0.1) is 9.39 Å². The first-order chi connectivity index (χ1) is 8.45. The van der Waals surface area contributed by atoms with Gasteiger partial charge in [-0.05, 0) is 49.2 Å². The van der Waals surface area contributed by atoms with Gasteiger partial charge in [0.05, 0.1) is 14.9 Å². The molecule has 0 heterocycles. The van der Waals surface area contributed by atoms with Gasteiger partial charge in [0, 0.05) is 25.7 Å². The lowest BCUT2D eigenvalue weighted by atomic mass is 10.2. The van der Waals surface area contributed by atoms with Gasteiger partial charge in [0.15, 0.2) is 0 Å². The lowest BCUT2D eigenvalue weighted by Crippen LogP contribution is -2.33. The molecule has 0 aliphatic carbocycles. The smallest absolute Gasteiger partial charge is 0.138 e. The van der Waals surface area contributed by atoms with Crippen molar-refractivity contribution in [2.75, 3.05) is 44.4 Å². The van der Waals surface area contributed by atoms with Crippen LogP contribution in [0.3, 0.4) is 0 Å². The molecule has 1 aromatic carbocycles. The van der Waals surface area contributed by atoms with E-state index in [1.54, 1.807) is 12.1 Å². The van der Waals surface area contributed by atoms with E-state index in [2.05, 4.69) is 16.7 Å². The first-order valence-electron chi connectivity index (χ1n) is 6.10. The summed E-state index contributed by atoms with van der Waals surface area (Å²) in [5.74, 6) is -0.203. The Morgan fingerprint density at radius 3 is 2.44 bits per heavy atom. The second-order valence-corrected chi connectivity index (χ2v) is 5.78. The molecule has 0 saturated heterocycles. The fourth-order valence-corrected chi connectivity index (χ4v) is 2.26. The summed E-state index contributed by atoms with van der Waals surface area (Å²) in [4.78, 5) is 4.26. The Morgan fingerprint density at radius 1 is 1.22 bits per heavy atom. The number of rotatable bonds is 6. The zero-order valence-corrected chi connectivity index (χ0v) is 13.4. The Hall–Kier alpha value is -0.560. The zero-order chi connectivity index (χ0) is 13.7. The minimum absolute atomic E-state index is 0.203. The molecule has 102 valence electrons. The molecule has 1 aromatic rings. The summed E-state index contributed by atoms with van der Waals surface area (Å²) < 4.78 is 14.2. The Bertz CT molecular complexity index is 396. The normalized spacial score (nSPS) is 11.0. The van der Waals surface area contributed by atoms with Gasteiger partial charge in [-0.2, -0.15) is 0 Å². The maximum Gasteiger partial charge on any atom is 0.138 e. The molecule has 5 heteroatoms. The average Bonchev–Trinajstić information content (AvgIpc) is 2.29. The highest BCUT2D eigenvalue weighted by molar-refractivity contribution is 14.1. The Labute approximate surface area is 122 Å². The molecule has 0 amide bonds. The number of anilines is 2.